The van der Waals surface area contributed by atoms with Crippen molar-refractivity contribution in [1.82, 2.24) is 9.88 Å². The first kappa shape index (κ1) is 22.2. The van der Waals surface area contributed by atoms with Crippen molar-refractivity contribution in [3.63, 3.8) is 0 Å². The van der Waals surface area contributed by atoms with Gasteiger partial charge in [-0.15, -0.1) is 0 Å². The number of hydrogen-bond donors (Lipinski definition) is 2. The van der Waals surface area contributed by atoms with Gasteiger partial charge in [-0.25, -0.2) is 9.78 Å². The highest BCUT2D eigenvalue weighted by Crippen LogP contribution is 2.29. The van der Waals surface area contributed by atoms with Crippen LogP contribution in [0.5, 0.6) is 0 Å². The predicted molar refractivity (Wildman–Crippen MR) is 122 cm³/mol. The summed E-state index contributed by atoms with van der Waals surface area (Å²) in [5.74, 6) is 0.396. The number of piperazine rings is 1. The minimum absolute atomic E-state index is 0.0600. The Morgan fingerprint density at radius 1 is 1.29 bits per heavy atom. The summed E-state index contributed by atoms with van der Waals surface area (Å²) in [6.45, 7) is 8.40. The van der Waals surface area contributed by atoms with Gasteiger partial charge in [0.25, 0.3) is 0 Å². The summed E-state index contributed by atoms with van der Waals surface area (Å²) in [5, 5.41) is 19.6. The Hall–Kier alpha value is -3.44. The van der Waals surface area contributed by atoms with Gasteiger partial charge in [0.15, 0.2) is 0 Å². The van der Waals surface area contributed by atoms with Crippen LogP contribution in [0.1, 0.15) is 29.8 Å². The summed E-state index contributed by atoms with van der Waals surface area (Å²) >= 11 is 0. The van der Waals surface area contributed by atoms with Crippen molar-refractivity contribution in [3.8, 4) is 17.2 Å². The van der Waals surface area contributed by atoms with Gasteiger partial charge < -0.3 is 20.4 Å². The van der Waals surface area contributed by atoms with Crippen molar-refractivity contribution in [2.45, 2.75) is 19.9 Å². The highest BCUT2D eigenvalue weighted by atomic mass is 16.5. The number of benzene rings is 1. The van der Waals surface area contributed by atoms with Crippen LogP contribution in [-0.2, 0) is 4.74 Å². The maximum Gasteiger partial charge on any atom is 0.338 e. The number of pyridine rings is 1. The Bertz CT molecular complexity index is 973. The highest BCUT2D eigenvalue weighted by Gasteiger charge is 2.20. The molecule has 3 rings (SSSR count). The number of carbonyl (C=O) groups is 1. The Balaban J connectivity index is 1.89. The molecule has 0 saturated carbocycles. The van der Waals surface area contributed by atoms with Crippen LogP contribution in [0.3, 0.4) is 0 Å². The third kappa shape index (κ3) is 5.01. The van der Waals surface area contributed by atoms with E-state index in [1.807, 2.05) is 24.3 Å². The minimum Gasteiger partial charge on any atom is -0.465 e. The molecule has 0 aliphatic carbocycles. The van der Waals surface area contributed by atoms with Crippen LogP contribution < -0.4 is 10.2 Å². The average molecular weight is 421 g/mol. The molecule has 0 amide bonds. The molecule has 1 fully saturated rings. The zero-order valence-electron chi connectivity index (χ0n) is 18.2. The maximum atomic E-state index is 12.3. The summed E-state index contributed by atoms with van der Waals surface area (Å²) in [7, 11) is 1.31. The van der Waals surface area contributed by atoms with Gasteiger partial charge in [0.2, 0.25) is 0 Å². The molecule has 1 saturated heterocycles. The lowest BCUT2D eigenvalue weighted by atomic mass is 9.98. The largest absolute Gasteiger partial charge is 0.465 e. The van der Waals surface area contributed by atoms with Crippen molar-refractivity contribution in [2.75, 3.05) is 50.1 Å². The lowest BCUT2D eigenvalue weighted by molar-refractivity contribution is 0.0600. The monoisotopic (exact) mass is 420 g/mol. The molecule has 1 aromatic heterocycles. The molecule has 1 aromatic carbocycles. The van der Waals surface area contributed by atoms with Gasteiger partial charge in [-0.1, -0.05) is 0 Å². The molecule has 8 nitrogen and oxygen atoms in total. The van der Waals surface area contributed by atoms with E-state index in [1.165, 1.54) is 7.11 Å². The zero-order valence-corrected chi connectivity index (χ0v) is 18.2. The summed E-state index contributed by atoms with van der Waals surface area (Å²) in [4.78, 5) is 21.7. The fourth-order valence-electron chi connectivity index (χ4n) is 3.75. The van der Waals surface area contributed by atoms with E-state index in [2.05, 4.69) is 33.9 Å². The first-order valence-corrected chi connectivity index (χ1v) is 10.3. The third-order valence-electron chi connectivity index (χ3n) is 5.54. The molecule has 162 valence electrons. The fraction of sp³-hybridized carbons (Fsp3) is 0.391. The van der Waals surface area contributed by atoms with Crippen molar-refractivity contribution >= 4 is 23.7 Å². The maximum absolute atomic E-state index is 12.3. The Labute approximate surface area is 183 Å². The lowest BCUT2D eigenvalue weighted by Gasteiger charge is -2.37. The van der Waals surface area contributed by atoms with Crippen molar-refractivity contribution < 1.29 is 9.53 Å². The number of hydrogen-bond acceptors (Lipinski definition) is 8. The quantitative estimate of drug-likeness (QED) is 0.403. The molecule has 2 heterocycles. The summed E-state index contributed by atoms with van der Waals surface area (Å²) in [6.07, 6.45) is 2.88. The number of ether oxygens (including phenoxy) is 1. The minimum atomic E-state index is -0.534. The SMILES string of the molecule is COC(=O)c1cc(-c2ccc(N3CCN(C(C)C)CC3)nc2)cc(NCC#N)c1C=N. The van der Waals surface area contributed by atoms with Crippen LogP contribution in [-0.4, -0.2) is 67.9 Å². The molecular weight excluding hydrogens is 392 g/mol. The number of methoxy groups -OCH3 is 1. The van der Waals surface area contributed by atoms with E-state index in [4.69, 9.17) is 15.4 Å². The molecular formula is C23H28N6O2. The van der Waals surface area contributed by atoms with E-state index in [1.54, 1.807) is 12.3 Å². The number of rotatable bonds is 7. The topological polar surface area (TPSA) is 105 Å². The summed E-state index contributed by atoms with van der Waals surface area (Å²) in [6, 6.07) is 10.1. The standard InChI is InChI=1S/C23H28N6O2/c1-16(2)28-8-10-29(11-9-28)22-5-4-17(15-27-22)18-12-19(23(30)31-3)20(14-25)21(13-18)26-7-6-24/h4-5,12-16,25-26H,7-11H2,1-3H3. The Morgan fingerprint density at radius 3 is 2.58 bits per heavy atom. The number of aromatic nitrogens is 1. The van der Waals surface area contributed by atoms with Gasteiger partial charge >= 0.3 is 5.97 Å². The van der Waals surface area contributed by atoms with Crippen molar-refractivity contribution in [3.05, 3.63) is 41.6 Å². The third-order valence-corrected chi connectivity index (χ3v) is 5.54. The van der Waals surface area contributed by atoms with Gasteiger partial charge in [0.05, 0.1) is 18.7 Å². The molecule has 0 radical (unpaired) electrons. The van der Waals surface area contributed by atoms with Gasteiger partial charge in [-0.2, -0.15) is 5.26 Å². The fourth-order valence-corrected chi connectivity index (χ4v) is 3.75. The van der Waals surface area contributed by atoms with Gasteiger partial charge in [-0.05, 0) is 43.7 Å². The molecule has 8 heteroatoms. The number of nitrogens with one attached hydrogen (secondary N) is 2. The number of anilines is 2. The van der Waals surface area contributed by atoms with Gasteiger partial charge in [0.1, 0.15) is 12.4 Å². The first-order valence-electron chi connectivity index (χ1n) is 10.3. The van der Waals surface area contributed by atoms with Crippen LogP contribution in [0.2, 0.25) is 0 Å². The van der Waals surface area contributed by atoms with Crippen LogP contribution in [0.15, 0.2) is 30.5 Å². The highest BCUT2D eigenvalue weighted by molar-refractivity contribution is 6.04. The molecule has 0 spiro atoms. The van der Waals surface area contributed by atoms with E-state index in [0.29, 0.717) is 17.3 Å². The van der Waals surface area contributed by atoms with E-state index >= 15 is 0 Å². The zero-order chi connectivity index (χ0) is 22.4. The number of nitrogens with zero attached hydrogens (tertiary/aromatic N) is 4. The van der Waals surface area contributed by atoms with Crippen LogP contribution in [0, 0.1) is 16.7 Å². The average Bonchev–Trinajstić information content (AvgIpc) is 2.81. The molecule has 2 N–H and O–H groups in total. The Morgan fingerprint density at radius 2 is 2.03 bits per heavy atom. The molecule has 0 atom stereocenters. The van der Waals surface area contributed by atoms with Crippen LogP contribution >= 0.6 is 0 Å². The summed E-state index contributed by atoms with van der Waals surface area (Å²) in [5.41, 5.74) is 2.78. The first-order chi connectivity index (χ1) is 15.0. The smallest absolute Gasteiger partial charge is 0.338 e. The summed E-state index contributed by atoms with van der Waals surface area (Å²) < 4.78 is 4.89. The molecule has 0 unspecified atom stereocenters. The van der Waals surface area contributed by atoms with Gasteiger partial charge in [-0.3, -0.25) is 4.90 Å². The van der Waals surface area contributed by atoms with Crippen molar-refractivity contribution in [2.24, 2.45) is 0 Å². The second kappa shape index (κ2) is 10.0. The van der Waals surface area contributed by atoms with Crippen LogP contribution in [0.25, 0.3) is 11.1 Å². The van der Waals surface area contributed by atoms with Crippen molar-refractivity contribution in [1.29, 1.82) is 10.7 Å². The van der Waals surface area contributed by atoms with E-state index in [-0.39, 0.29) is 12.1 Å². The predicted octanol–water partition coefficient (Wildman–Crippen LogP) is 3.00. The lowest BCUT2D eigenvalue weighted by Crippen LogP contribution is -2.49. The number of carbonyl (C=O) groups excluding carboxylic acids is 1. The molecule has 1 aliphatic heterocycles. The molecule has 0 bridgehead atoms. The van der Waals surface area contributed by atoms with E-state index in [0.717, 1.165) is 49.3 Å². The number of nitriles is 1. The van der Waals surface area contributed by atoms with E-state index < -0.39 is 5.97 Å². The molecule has 31 heavy (non-hydrogen) atoms. The second-order valence-electron chi connectivity index (χ2n) is 7.65. The second-order valence-corrected chi connectivity index (χ2v) is 7.65. The normalized spacial score (nSPS) is 14.2. The Kier molecular flexibility index (Phi) is 7.21. The molecule has 2 aromatic rings. The number of esters is 1. The van der Waals surface area contributed by atoms with E-state index in [9.17, 15) is 4.79 Å². The van der Waals surface area contributed by atoms with Gasteiger partial charge in [0, 0.05) is 61.4 Å². The van der Waals surface area contributed by atoms with Crippen LogP contribution in [0.4, 0.5) is 11.5 Å². The molecule has 1 aliphatic rings.